The highest BCUT2D eigenvalue weighted by Crippen LogP contribution is 2.36. The summed E-state index contributed by atoms with van der Waals surface area (Å²) in [5.74, 6) is 1.59. The second-order valence-electron chi connectivity index (χ2n) is 5.63. The predicted octanol–water partition coefficient (Wildman–Crippen LogP) is 2.37. The molecule has 1 fully saturated rings. The van der Waals surface area contributed by atoms with E-state index >= 15 is 0 Å². The van der Waals surface area contributed by atoms with Crippen molar-refractivity contribution in [1.29, 1.82) is 0 Å². The average Bonchev–Trinajstić information content (AvgIpc) is 2.82. The van der Waals surface area contributed by atoms with Crippen LogP contribution in [-0.4, -0.2) is 41.3 Å². The minimum absolute atomic E-state index is 0.0761. The Morgan fingerprint density at radius 2 is 2.21 bits per heavy atom. The zero-order chi connectivity index (χ0) is 14.1. The normalized spacial score (nSPS) is 24.2. The molecule has 1 rings (SSSR count). The second kappa shape index (κ2) is 8.69. The first-order valence-electron chi connectivity index (χ1n) is 7.36. The molecule has 0 aromatic heterocycles. The number of hydrogen-bond donors (Lipinski definition) is 3. The SMILES string of the molecule is CCCC(CCO)CNC(=O)NCC1(C)CCCS1. The van der Waals surface area contributed by atoms with Crippen LogP contribution in [0.4, 0.5) is 4.79 Å². The molecule has 112 valence electrons. The van der Waals surface area contributed by atoms with Crippen LogP contribution in [0.25, 0.3) is 0 Å². The predicted molar refractivity (Wildman–Crippen MR) is 81.6 cm³/mol. The van der Waals surface area contributed by atoms with Gasteiger partial charge in [-0.15, -0.1) is 0 Å². The van der Waals surface area contributed by atoms with Crippen molar-refractivity contribution in [2.75, 3.05) is 25.4 Å². The monoisotopic (exact) mass is 288 g/mol. The molecule has 1 saturated heterocycles. The fraction of sp³-hybridized carbons (Fsp3) is 0.929. The summed E-state index contributed by atoms with van der Waals surface area (Å²) in [5, 5.41) is 14.9. The molecule has 2 amide bonds. The molecular formula is C14H28N2O2S. The molecule has 1 aliphatic heterocycles. The van der Waals surface area contributed by atoms with Gasteiger partial charge in [-0.2, -0.15) is 11.8 Å². The topological polar surface area (TPSA) is 61.4 Å². The molecule has 4 nitrogen and oxygen atoms in total. The van der Waals surface area contributed by atoms with Crippen LogP contribution in [0.1, 0.15) is 46.0 Å². The molecule has 1 heterocycles. The van der Waals surface area contributed by atoms with E-state index in [2.05, 4.69) is 24.5 Å². The van der Waals surface area contributed by atoms with Gasteiger partial charge in [0.25, 0.3) is 0 Å². The summed E-state index contributed by atoms with van der Waals surface area (Å²) in [6.07, 6.45) is 5.33. The summed E-state index contributed by atoms with van der Waals surface area (Å²) in [6.45, 7) is 5.94. The second-order valence-corrected chi connectivity index (χ2v) is 7.32. The van der Waals surface area contributed by atoms with Gasteiger partial charge in [-0.05, 0) is 44.3 Å². The molecule has 0 bridgehead atoms. The van der Waals surface area contributed by atoms with Gasteiger partial charge in [0.1, 0.15) is 0 Å². The van der Waals surface area contributed by atoms with Crippen LogP contribution in [0.2, 0.25) is 0 Å². The largest absolute Gasteiger partial charge is 0.396 e. The number of urea groups is 1. The van der Waals surface area contributed by atoms with Gasteiger partial charge in [-0.1, -0.05) is 13.3 Å². The van der Waals surface area contributed by atoms with Crippen molar-refractivity contribution in [2.24, 2.45) is 5.92 Å². The Balaban J connectivity index is 2.19. The van der Waals surface area contributed by atoms with E-state index in [1.807, 2.05) is 11.8 Å². The summed E-state index contributed by atoms with van der Waals surface area (Å²) in [5.41, 5.74) is 0. The van der Waals surface area contributed by atoms with Crippen LogP contribution in [0.3, 0.4) is 0 Å². The maximum atomic E-state index is 11.8. The van der Waals surface area contributed by atoms with E-state index in [0.717, 1.165) is 25.8 Å². The van der Waals surface area contributed by atoms with Crippen molar-refractivity contribution in [3.63, 3.8) is 0 Å². The smallest absolute Gasteiger partial charge is 0.314 e. The third-order valence-electron chi connectivity index (χ3n) is 3.71. The lowest BCUT2D eigenvalue weighted by atomic mass is 10.0. The van der Waals surface area contributed by atoms with Gasteiger partial charge in [0.2, 0.25) is 0 Å². The number of thioether (sulfide) groups is 1. The number of aliphatic hydroxyl groups is 1. The Bertz CT molecular complexity index is 262. The van der Waals surface area contributed by atoms with E-state index in [-0.39, 0.29) is 17.4 Å². The van der Waals surface area contributed by atoms with Crippen LogP contribution < -0.4 is 10.6 Å². The molecule has 5 heteroatoms. The summed E-state index contributed by atoms with van der Waals surface area (Å²) in [7, 11) is 0. The quantitative estimate of drug-likeness (QED) is 0.642. The average molecular weight is 288 g/mol. The molecule has 1 aliphatic rings. The fourth-order valence-electron chi connectivity index (χ4n) is 2.48. The standard InChI is InChI=1S/C14H28N2O2S/c1-3-5-12(6-8-17)10-15-13(18)16-11-14(2)7-4-9-19-14/h12,17H,3-11H2,1-2H3,(H2,15,16,18). The molecule has 3 N–H and O–H groups in total. The number of hydrogen-bond acceptors (Lipinski definition) is 3. The van der Waals surface area contributed by atoms with E-state index in [4.69, 9.17) is 5.11 Å². The van der Waals surface area contributed by atoms with Gasteiger partial charge in [0, 0.05) is 24.4 Å². The summed E-state index contributed by atoms with van der Waals surface area (Å²) >= 11 is 1.95. The van der Waals surface area contributed by atoms with Gasteiger partial charge in [-0.25, -0.2) is 4.79 Å². The van der Waals surface area contributed by atoms with Gasteiger partial charge < -0.3 is 15.7 Å². The van der Waals surface area contributed by atoms with Gasteiger partial charge in [0.05, 0.1) is 0 Å². The summed E-state index contributed by atoms with van der Waals surface area (Å²) < 4.78 is 0.214. The number of amides is 2. The van der Waals surface area contributed by atoms with E-state index in [1.165, 1.54) is 18.6 Å². The van der Waals surface area contributed by atoms with Crippen molar-refractivity contribution in [3.05, 3.63) is 0 Å². The number of nitrogens with one attached hydrogen (secondary N) is 2. The molecule has 0 aromatic rings. The van der Waals surface area contributed by atoms with Gasteiger partial charge >= 0.3 is 6.03 Å². The minimum Gasteiger partial charge on any atom is -0.396 e. The molecule has 2 unspecified atom stereocenters. The molecule has 0 aromatic carbocycles. The van der Waals surface area contributed by atoms with Crippen LogP contribution in [0.15, 0.2) is 0 Å². The zero-order valence-corrected chi connectivity index (χ0v) is 13.0. The number of carbonyl (C=O) groups is 1. The van der Waals surface area contributed by atoms with E-state index in [1.54, 1.807) is 0 Å². The van der Waals surface area contributed by atoms with Crippen molar-refractivity contribution in [2.45, 2.75) is 50.7 Å². The van der Waals surface area contributed by atoms with Crippen molar-refractivity contribution >= 4 is 17.8 Å². The molecule has 0 radical (unpaired) electrons. The van der Waals surface area contributed by atoms with Crippen LogP contribution in [0.5, 0.6) is 0 Å². The lowest BCUT2D eigenvalue weighted by Gasteiger charge is -2.23. The Kier molecular flexibility index (Phi) is 7.61. The summed E-state index contributed by atoms with van der Waals surface area (Å²) in [4.78, 5) is 11.8. The lowest BCUT2D eigenvalue weighted by molar-refractivity contribution is 0.228. The Morgan fingerprint density at radius 1 is 1.42 bits per heavy atom. The van der Waals surface area contributed by atoms with E-state index in [9.17, 15) is 4.79 Å². The Labute approximate surface area is 121 Å². The molecule has 2 atom stereocenters. The maximum Gasteiger partial charge on any atom is 0.314 e. The fourth-order valence-corrected chi connectivity index (χ4v) is 3.73. The maximum absolute atomic E-state index is 11.8. The van der Waals surface area contributed by atoms with Gasteiger partial charge in [-0.3, -0.25) is 0 Å². The lowest BCUT2D eigenvalue weighted by Crippen LogP contribution is -2.43. The molecule has 0 saturated carbocycles. The van der Waals surface area contributed by atoms with Crippen molar-refractivity contribution in [1.82, 2.24) is 10.6 Å². The number of aliphatic hydroxyl groups excluding tert-OH is 1. The first-order chi connectivity index (χ1) is 9.09. The summed E-state index contributed by atoms with van der Waals surface area (Å²) in [6, 6.07) is -0.0761. The first-order valence-corrected chi connectivity index (χ1v) is 8.34. The first kappa shape index (κ1) is 16.6. The molecule has 19 heavy (non-hydrogen) atoms. The molecule has 0 spiro atoms. The zero-order valence-electron chi connectivity index (χ0n) is 12.2. The van der Waals surface area contributed by atoms with Crippen LogP contribution >= 0.6 is 11.8 Å². The van der Waals surface area contributed by atoms with Gasteiger partial charge in [0.15, 0.2) is 0 Å². The highest BCUT2D eigenvalue weighted by molar-refractivity contribution is 8.00. The third kappa shape index (κ3) is 6.52. The minimum atomic E-state index is -0.0761. The highest BCUT2D eigenvalue weighted by atomic mass is 32.2. The van der Waals surface area contributed by atoms with Crippen LogP contribution in [-0.2, 0) is 0 Å². The highest BCUT2D eigenvalue weighted by Gasteiger charge is 2.29. The van der Waals surface area contributed by atoms with E-state index < -0.39 is 0 Å². The van der Waals surface area contributed by atoms with Crippen molar-refractivity contribution < 1.29 is 9.90 Å². The molecule has 0 aliphatic carbocycles. The third-order valence-corrected chi connectivity index (χ3v) is 5.25. The Hall–Kier alpha value is -0.420. The van der Waals surface area contributed by atoms with E-state index in [0.29, 0.717) is 12.5 Å². The van der Waals surface area contributed by atoms with Crippen LogP contribution in [0, 0.1) is 5.92 Å². The number of carbonyl (C=O) groups excluding carboxylic acids is 1. The Morgan fingerprint density at radius 3 is 2.79 bits per heavy atom. The van der Waals surface area contributed by atoms with Crippen molar-refractivity contribution in [3.8, 4) is 0 Å². The molecular weight excluding hydrogens is 260 g/mol. The number of rotatable bonds is 8.